The molecule has 2 saturated heterocycles. The zero-order valence-electron chi connectivity index (χ0n) is 18.7. The molecule has 0 spiro atoms. The average molecular weight is 480 g/mol. The van der Waals surface area contributed by atoms with Gasteiger partial charge in [-0.25, -0.2) is 19.9 Å². The first-order valence-corrected chi connectivity index (χ1v) is 11.2. The van der Waals surface area contributed by atoms with Gasteiger partial charge in [-0.3, -0.25) is 9.47 Å². The van der Waals surface area contributed by atoms with Crippen molar-refractivity contribution in [2.75, 3.05) is 56.6 Å². The lowest BCUT2D eigenvalue weighted by Crippen LogP contribution is -2.50. The number of alkyl halides is 3. The summed E-state index contributed by atoms with van der Waals surface area (Å²) in [5, 5.41) is 6.66. The number of hydrogen-bond donors (Lipinski definition) is 3. The summed E-state index contributed by atoms with van der Waals surface area (Å²) in [6.07, 6.45) is -1.92. The van der Waals surface area contributed by atoms with E-state index in [1.54, 1.807) is 0 Å². The van der Waals surface area contributed by atoms with Gasteiger partial charge in [0.05, 0.1) is 18.8 Å². The van der Waals surface area contributed by atoms with Gasteiger partial charge in [-0.2, -0.15) is 13.2 Å². The first-order chi connectivity index (χ1) is 16.3. The van der Waals surface area contributed by atoms with E-state index < -0.39 is 18.9 Å². The van der Waals surface area contributed by atoms with Crippen LogP contribution in [0.25, 0.3) is 0 Å². The van der Waals surface area contributed by atoms with E-state index in [4.69, 9.17) is 15.5 Å². The zero-order valence-corrected chi connectivity index (χ0v) is 18.7. The Morgan fingerprint density at radius 1 is 1.18 bits per heavy atom. The minimum Gasteiger partial charge on any atom is -0.379 e. The van der Waals surface area contributed by atoms with Gasteiger partial charge >= 0.3 is 6.18 Å². The highest BCUT2D eigenvalue weighted by molar-refractivity contribution is 6.01. The molecule has 2 aromatic heterocycles. The van der Waals surface area contributed by atoms with Gasteiger partial charge in [0, 0.05) is 51.2 Å². The number of nitrogens with zero attached hydrogens (tertiary/aromatic N) is 7. The minimum absolute atomic E-state index is 0.0998. The third kappa shape index (κ3) is 4.65. The number of hydrogen-bond acceptors (Lipinski definition) is 10. The maximum atomic E-state index is 13.7. The third-order valence-corrected chi connectivity index (χ3v) is 6.04. The van der Waals surface area contributed by atoms with Crippen LogP contribution >= 0.6 is 0 Å². The number of aromatic nitrogens is 4. The molecule has 5 heterocycles. The quantitative estimate of drug-likeness (QED) is 0.578. The summed E-state index contributed by atoms with van der Waals surface area (Å²) in [7, 11) is 0. The number of nitrogens with two attached hydrogens (primary N) is 1. The predicted molar refractivity (Wildman–Crippen MR) is 119 cm³/mol. The average Bonchev–Trinajstić information content (AvgIpc) is 3.16. The Balaban J connectivity index is 1.63. The number of anilines is 2. The first-order valence-electron chi connectivity index (χ1n) is 11.2. The van der Waals surface area contributed by atoms with Gasteiger partial charge in [0.2, 0.25) is 11.9 Å². The summed E-state index contributed by atoms with van der Waals surface area (Å²) in [5.74, 6) is 0.921. The standard InChI is InChI=1S/C20H27F3N10O/c1-12-10-32(3-2-25-12)19-28-14-16(31-4-6-34-7-5-31)29-15(13-8-26-18(24)27-9-13)30-17(14)33(19)11-20(21,22)23/h8-9,12,16,25H,2-7,10-11H2,1H3,(H,29,30)(H2,24,26,27)/t12-,16?/m1/s1. The maximum absolute atomic E-state index is 13.7. The predicted octanol–water partition coefficient (Wildman–Crippen LogP) is 0.628. The van der Waals surface area contributed by atoms with Crippen LogP contribution in [0.4, 0.5) is 30.9 Å². The first kappa shape index (κ1) is 22.8. The Hall–Kier alpha value is -2.97. The summed E-state index contributed by atoms with van der Waals surface area (Å²) >= 11 is 0. The van der Waals surface area contributed by atoms with Crippen molar-refractivity contribution in [3.8, 4) is 0 Å². The van der Waals surface area contributed by atoms with Crippen molar-refractivity contribution in [2.45, 2.75) is 31.9 Å². The molecule has 2 atom stereocenters. The highest BCUT2D eigenvalue weighted by Gasteiger charge is 2.39. The molecule has 4 N–H and O–H groups in total. The molecule has 0 radical (unpaired) electrons. The SMILES string of the molecule is C[C@@H]1CN(c2nc3c(n2CC(F)(F)F)N=C(c2cnc(N)nc2)NC3N2CCOCC2)CCN1. The van der Waals surface area contributed by atoms with Crippen molar-refractivity contribution < 1.29 is 17.9 Å². The highest BCUT2D eigenvalue weighted by atomic mass is 19.4. The number of halogens is 3. The van der Waals surface area contributed by atoms with Gasteiger partial charge in [-0.05, 0) is 6.92 Å². The second-order valence-corrected chi connectivity index (χ2v) is 8.61. The van der Waals surface area contributed by atoms with Gasteiger partial charge in [-0.15, -0.1) is 0 Å². The van der Waals surface area contributed by atoms with E-state index in [0.29, 0.717) is 63.0 Å². The van der Waals surface area contributed by atoms with Gasteiger partial charge in [0.25, 0.3) is 0 Å². The van der Waals surface area contributed by atoms with Gasteiger partial charge in [-0.1, -0.05) is 0 Å². The summed E-state index contributed by atoms with van der Waals surface area (Å²) in [4.78, 5) is 21.4. The van der Waals surface area contributed by atoms with E-state index in [1.807, 2.05) is 11.8 Å². The molecule has 14 heteroatoms. The molecule has 0 aliphatic carbocycles. The number of imidazole rings is 1. The molecule has 0 saturated carbocycles. The van der Waals surface area contributed by atoms with Crippen molar-refractivity contribution in [1.82, 2.24) is 35.1 Å². The molecule has 0 aromatic carbocycles. The molecule has 0 amide bonds. The number of nitrogens with one attached hydrogen (secondary N) is 2. The molecule has 5 rings (SSSR count). The number of amidine groups is 1. The van der Waals surface area contributed by atoms with Crippen LogP contribution in [0.3, 0.4) is 0 Å². The van der Waals surface area contributed by atoms with Crippen LogP contribution in [0.1, 0.15) is 24.3 Å². The maximum Gasteiger partial charge on any atom is 0.406 e. The number of fused-ring (bicyclic) bond motifs is 1. The van der Waals surface area contributed by atoms with Gasteiger partial charge in [0.15, 0.2) is 5.82 Å². The van der Waals surface area contributed by atoms with E-state index in [0.717, 1.165) is 0 Å². The zero-order chi connectivity index (χ0) is 23.9. The lowest BCUT2D eigenvalue weighted by Gasteiger charge is -2.36. The van der Waals surface area contributed by atoms with E-state index in [9.17, 15) is 13.2 Å². The fraction of sp³-hybridized carbons (Fsp3) is 0.600. The molecule has 11 nitrogen and oxygen atoms in total. The van der Waals surface area contributed by atoms with Gasteiger partial charge < -0.3 is 26.0 Å². The fourth-order valence-corrected chi connectivity index (χ4v) is 4.48. The van der Waals surface area contributed by atoms with E-state index >= 15 is 0 Å². The number of piperazine rings is 1. The van der Waals surface area contributed by atoms with Crippen molar-refractivity contribution in [1.29, 1.82) is 0 Å². The van der Waals surface area contributed by atoms with Crippen LogP contribution in [-0.2, 0) is 11.3 Å². The highest BCUT2D eigenvalue weighted by Crippen LogP contribution is 2.38. The second-order valence-electron chi connectivity index (χ2n) is 8.61. The molecule has 3 aliphatic heterocycles. The third-order valence-electron chi connectivity index (χ3n) is 6.04. The Labute approximate surface area is 194 Å². The lowest BCUT2D eigenvalue weighted by molar-refractivity contribution is -0.140. The second kappa shape index (κ2) is 9.00. The smallest absolute Gasteiger partial charge is 0.379 e. The summed E-state index contributed by atoms with van der Waals surface area (Å²) in [6, 6.07) is 0.126. The molecule has 2 aromatic rings. The largest absolute Gasteiger partial charge is 0.406 e. The number of nitrogen functional groups attached to an aromatic ring is 1. The Morgan fingerprint density at radius 2 is 1.91 bits per heavy atom. The van der Waals surface area contributed by atoms with Crippen LogP contribution in [-0.4, -0.2) is 88.4 Å². The van der Waals surface area contributed by atoms with Crippen LogP contribution in [0, 0.1) is 0 Å². The van der Waals surface area contributed by atoms with E-state index in [-0.39, 0.29) is 23.8 Å². The van der Waals surface area contributed by atoms with Crippen molar-refractivity contribution in [2.24, 2.45) is 4.99 Å². The van der Waals surface area contributed by atoms with Crippen LogP contribution in [0.2, 0.25) is 0 Å². The lowest BCUT2D eigenvalue weighted by atomic mass is 10.2. The molecular weight excluding hydrogens is 453 g/mol. The summed E-state index contributed by atoms with van der Waals surface area (Å²) in [5.41, 5.74) is 6.60. The summed E-state index contributed by atoms with van der Waals surface area (Å²) < 4.78 is 47.8. The number of aliphatic imine (C=N–C) groups is 1. The van der Waals surface area contributed by atoms with Gasteiger partial charge in [0.1, 0.15) is 24.2 Å². The number of ether oxygens (including phenoxy) is 1. The molecular formula is C20H27F3N10O. The molecule has 3 aliphatic rings. The summed E-state index contributed by atoms with van der Waals surface area (Å²) in [6.45, 7) is 4.83. The fourth-order valence-electron chi connectivity index (χ4n) is 4.48. The van der Waals surface area contributed by atoms with Crippen LogP contribution in [0.5, 0.6) is 0 Å². The minimum atomic E-state index is -4.44. The Bertz CT molecular complexity index is 1050. The van der Waals surface area contributed by atoms with E-state index in [1.165, 1.54) is 17.0 Å². The Morgan fingerprint density at radius 3 is 2.59 bits per heavy atom. The molecule has 34 heavy (non-hydrogen) atoms. The molecule has 1 unspecified atom stereocenters. The van der Waals surface area contributed by atoms with Crippen molar-refractivity contribution in [3.63, 3.8) is 0 Å². The van der Waals surface area contributed by atoms with E-state index in [2.05, 4.69) is 30.5 Å². The number of morpholine rings is 1. The van der Waals surface area contributed by atoms with Crippen molar-refractivity contribution in [3.05, 3.63) is 23.7 Å². The van der Waals surface area contributed by atoms with Crippen molar-refractivity contribution >= 4 is 23.6 Å². The van der Waals surface area contributed by atoms with Crippen LogP contribution in [0.15, 0.2) is 17.4 Å². The molecule has 184 valence electrons. The monoisotopic (exact) mass is 480 g/mol. The molecule has 0 bridgehead atoms. The normalized spacial score (nSPS) is 23.9. The topological polar surface area (TPSA) is 122 Å². The van der Waals surface area contributed by atoms with Crippen LogP contribution < -0.4 is 21.3 Å². The number of rotatable bonds is 4. The molecule has 2 fully saturated rings. The Kier molecular flexibility index (Phi) is 6.04.